The van der Waals surface area contributed by atoms with Crippen molar-refractivity contribution in [3.8, 4) is 0 Å². The second-order valence-corrected chi connectivity index (χ2v) is 3.20. The summed E-state index contributed by atoms with van der Waals surface area (Å²) in [7, 11) is 0. The third-order valence-corrected chi connectivity index (χ3v) is 2.49. The Balaban J connectivity index is 0.000000320. The van der Waals surface area contributed by atoms with Gasteiger partial charge in [-0.05, 0) is 0 Å². The summed E-state index contributed by atoms with van der Waals surface area (Å²) in [5.41, 5.74) is 0. The maximum Gasteiger partial charge on any atom is 0.0391 e. The van der Waals surface area contributed by atoms with Crippen molar-refractivity contribution in [3.05, 3.63) is 24.3 Å². The molecule has 1 heterocycles. The van der Waals surface area contributed by atoms with Gasteiger partial charge in [0.05, 0.1) is 0 Å². The first-order valence-electron chi connectivity index (χ1n) is 2.47. The molecule has 8 heavy (non-hydrogen) atoms. The molecule has 1 aliphatic carbocycles. The molecule has 0 amide bonds. The van der Waals surface area contributed by atoms with Gasteiger partial charge >= 0.3 is 0 Å². The van der Waals surface area contributed by atoms with Gasteiger partial charge in [0, 0.05) is 40.1 Å². The minimum absolute atomic E-state index is 0. The molecule has 37 valence electrons. The summed E-state index contributed by atoms with van der Waals surface area (Å²) in [4.78, 5) is 0. The van der Waals surface area contributed by atoms with Crippen LogP contribution in [-0.4, -0.2) is 40.1 Å². The fraction of sp³-hybridized carbons (Fsp3) is 0.333. The predicted octanol–water partition coefficient (Wildman–Crippen LogP) is 1.22. The first-order valence-corrected chi connectivity index (χ1v) is 3.41. The van der Waals surface area contributed by atoms with Crippen molar-refractivity contribution in [2.24, 2.45) is 0 Å². The van der Waals surface area contributed by atoms with Crippen molar-refractivity contribution >= 4 is 41.3 Å². The molecule has 1 aliphatic heterocycles. The molecule has 1 saturated heterocycles. The van der Waals surface area contributed by atoms with Crippen LogP contribution in [0.4, 0.5) is 0 Å². The number of hydrogen-bond acceptors (Lipinski definition) is 1. The zero-order chi connectivity index (χ0) is 4.69. The van der Waals surface area contributed by atoms with Crippen LogP contribution in [0.3, 0.4) is 0 Å². The minimum atomic E-state index is 0. The molecule has 1 fully saturated rings. The Hall–Kier alpha value is 0.830. The summed E-state index contributed by atoms with van der Waals surface area (Å²) in [6.07, 6.45) is 8.77. The van der Waals surface area contributed by atoms with E-state index in [1.807, 2.05) is 11.8 Å². The van der Waals surface area contributed by atoms with Gasteiger partial charge in [-0.15, -0.1) is 11.8 Å². The van der Waals surface area contributed by atoms with Crippen molar-refractivity contribution in [3.63, 3.8) is 0 Å². The standard InChI is InChI=1S/C6H6S.Na/c1-2-4-6-5(3-1)7-6;/h1-6H;. The molecule has 0 bridgehead atoms. The molecule has 0 spiro atoms. The zero-order valence-electron chi connectivity index (χ0n) is 4.87. The van der Waals surface area contributed by atoms with Crippen molar-refractivity contribution in [2.45, 2.75) is 10.5 Å². The SMILES string of the molecule is C1=CC2SC2C=C1.[Na]. The van der Waals surface area contributed by atoms with Crippen LogP contribution in [0.1, 0.15) is 0 Å². The van der Waals surface area contributed by atoms with E-state index in [1.54, 1.807) is 0 Å². The van der Waals surface area contributed by atoms with E-state index in [0.717, 1.165) is 10.5 Å². The van der Waals surface area contributed by atoms with Crippen LogP contribution in [0.15, 0.2) is 24.3 Å². The Bertz CT molecular complexity index is 123. The molecule has 1 radical (unpaired) electrons. The third-order valence-electron chi connectivity index (χ3n) is 1.27. The number of thioether (sulfide) groups is 1. The Labute approximate surface area is 75.7 Å². The molecule has 2 heteroatoms. The third kappa shape index (κ3) is 1.21. The topological polar surface area (TPSA) is 0 Å². The molecular formula is C6H6NaS. The van der Waals surface area contributed by atoms with Gasteiger partial charge in [0.2, 0.25) is 0 Å². The van der Waals surface area contributed by atoms with E-state index in [4.69, 9.17) is 0 Å². The van der Waals surface area contributed by atoms with E-state index in [1.165, 1.54) is 0 Å². The van der Waals surface area contributed by atoms with Crippen molar-refractivity contribution in [1.29, 1.82) is 0 Å². The molecule has 2 unspecified atom stereocenters. The Kier molecular flexibility index (Phi) is 2.27. The van der Waals surface area contributed by atoms with Crippen LogP contribution in [0.2, 0.25) is 0 Å². The molecule has 0 aromatic rings. The molecule has 0 aromatic carbocycles. The summed E-state index contributed by atoms with van der Waals surface area (Å²) in [6, 6.07) is 0. The summed E-state index contributed by atoms with van der Waals surface area (Å²) in [6.45, 7) is 0. The van der Waals surface area contributed by atoms with Gasteiger partial charge in [-0.1, -0.05) is 24.3 Å². The smallest absolute Gasteiger partial charge is 0.0391 e. The molecule has 0 N–H and O–H groups in total. The molecule has 2 atom stereocenters. The maximum absolute atomic E-state index is 2.26. The van der Waals surface area contributed by atoms with E-state index in [-0.39, 0.29) is 29.6 Å². The van der Waals surface area contributed by atoms with E-state index in [0.29, 0.717) is 0 Å². The van der Waals surface area contributed by atoms with Crippen molar-refractivity contribution in [1.82, 2.24) is 0 Å². The van der Waals surface area contributed by atoms with Crippen LogP contribution < -0.4 is 0 Å². The van der Waals surface area contributed by atoms with Gasteiger partial charge in [-0.3, -0.25) is 0 Å². The van der Waals surface area contributed by atoms with Gasteiger partial charge < -0.3 is 0 Å². The normalized spacial score (nSPS) is 38.0. The number of fused-ring (bicyclic) bond motifs is 1. The van der Waals surface area contributed by atoms with E-state index < -0.39 is 0 Å². The van der Waals surface area contributed by atoms with Gasteiger partial charge in [0.15, 0.2) is 0 Å². The number of allylic oxidation sites excluding steroid dienone is 2. The monoisotopic (exact) mass is 133 g/mol. The average Bonchev–Trinajstić information content (AvgIpc) is 2.41. The fourth-order valence-corrected chi connectivity index (χ4v) is 1.61. The number of rotatable bonds is 0. The molecule has 2 rings (SSSR count). The second kappa shape index (κ2) is 2.61. The van der Waals surface area contributed by atoms with Crippen LogP contribution in [0.5, 0.6) is 0 Å². The van der Waals surface area contributed by atoms with Crippen molar-refractivity contribution in [2.75, 3.05) is 0 Å². The minimum Gasteiger partial charge on any atom is -0.144 e. The molecular weight excluding hydrogens is 127 g/mol. The maximum atomic E-state index is 2.26. The first-order chi connectivity index (χ1) is 3.47. The molecule has 0 nitrogen and oxygen atoms in total. The van der Waals surface area contributed by atoms with Gasteiger partial charge in [0.1, 0.15) is 0 Å². The van der Waals surface area contributed by atoms with E-state index >= 15 is 0 Å². The molecule has 0 aromatic heterocycles. The Morgan fingerprint density at radius 1 is 1.00 bits per heavy atom. The van der Waals surface area contributed by atoms with E-state index in [2.05, 4.69) is 24.3 Å². The van der Waals surface area contributed by atoms with Crippen LogP contribution in [0, 0.1) is 0 Å². The van der Waals surface area contributed by atoms with Gasteiger partial charge in [0.25, 0.3) is 0 Å². The van der Waals surface area contributed by atoms with Crippen LogP contribution in [-0.2, 0) is 0 Å². The largest absolute Gasteiger partial charge is 0.144 e. The predicted molar refractivity (Wildman–Crippen MR) is 39.2 cm³/mol. The summed E-state index contributed by atoms with van der Waals surface area (Å²) in [5.74, 6) is 0. The quantitative estimate of drug-likeness (QED) is 0.353. The summed E-state index contributed by atoms with van der Waals surface area (Å²) < 4.78 is 0. The summed E-state index contributed by atoms with van der Waals surface area (Å²) >= 11 is 2.03. The first kappa shape index (κ1) is 6.94. The van der Waals surface area contributed by atoms with E-state index in [9.17, 15) is 0 Å². The van der Waals surface area contributed by atoms with Crippen molar-refractivity contribution < 1.29 is 0 Å². The fourth-order valence-electron chi connectivity index (χ4n) is 0.793. The second-order valence-electron chi connectivity index (χ2n) is 1.84. The summed E-state index contributed by atoms with van der Waals surface area (Å²) in [5, 5.41) is 1.70. The zero-order valence-corrected chi connectivity index (χ0v) is 7.69. The number of hydrogen-bond donors (Lipinski definition) is 0. The van der Waals surface area contributed by atoms with Gasteiger partial charge in [-0.2, -0.15) is 0 Å². The Morgan fingerprint density at radius 3 is 1.88 bits per heavy atom. The van der Waals surface area contributed by atoms with Crippen LogP contribution in [0.25, 0.3) is 0 Å². The molecule has 2 aliphatic rings. The van der Waals surface area contributed by atoms with Gasteiger partial charge in [-0.25, -0.2) is 0 Å². The van der Waals surface area contributed by atoms with Crippen LogP contribution >= 0.6 is 11.8 Å². The Morgan fingerprint density at radius 2 is 1.50 bits per heavy atom. The molecule has 0 saturated carbocycles. The average molecular weight is 133 g/mol.